The predicted octanol–water partition coefficient (Wildman–Crippen LogP) is 0.512. The zero-order chi connectivity index (χ0) is 16.2. The van der Waals surface area contributed by atoms with Crippen LogP contribution in [0.2, 0.25) is 0 Å². The summed E-state index contributed by atoms with van der Waals surface area (Å²) in [5.74, 6) is 0.989. The van der Waals surface area contributed by atoms with Crippen molar-refractivity contribution in [3.8, 4) is 0 Å². The Morgan fingerprint density at radius 2 is 1.96 bits per heavy atom. The van der Waals surface area contributed by atoms with E-state index in [1.807, 2.05) is 29.2 Å². The second-order valence-corrected chi connectivity index (χ2v) is 6.38. The molecule has 1 atom stereocenters. The van der Waals surface area contributed by atoms with Gasteiger partial charge in [0.05, 0.1) is 6.54 Å². The van der Waals surface area contributed by atoms with Crippen LogP contribution in [0.15, 0.2) is 29.3 Å². The number of hydrogen-bond acceptors (Lipinski definition) is 5. The topological polar surface area (TPSA) is 60.0 Å². The number of nitrogens with one attached hydrogen (secondary N) is 2. The van der Waals surface area contributed by atoms with Crippen LogP contribution in [0.25, 0.3) is 0 Å². The molecule has 124 valence electrons. The molecule has 3 rings (SSSR count). The molecule has 1 saturated heterocycles. The third-order valence-corrected chi connectivity index (χ3v) is 4.36. The third kappa shape index (κ3) is 4.01. The van der Waals surface area contributed by atoms with Gasteiger partial charge in [-0.2, -0.15) is 0 Å². The molecule has 1 amide bonds. The molecule has 0 radical (unpaired) electrons. The first-order chi connectivity index (χ1) is 11.1. The van der Waals surface area contributed by atoms with Gasteiger partial charge in [0.1, 0.15) is 0 Å². The van der Waals surface area contributed by atoms with E-state index < -0.39 is 0 Å². The van der Waals surface area contributed by atoms with E-state index in [4.69, 9.17) is 0 Å². The van der Waals surface area contributed by atoms with Crippen molar-refractivity contribution < 1.29 is 4.79 Å². The van der Waals surface area contributed by atoms with Crippen LogP contribution in [0.4, 0.5) is 0 Å². The molecule has 0 spiro atoms. The van der Waals surface area contributed by atoms with Crippen molar-refractivity contribution in [2.75, 3.05) is 39.8 Å². The minimum Gasteiger partial charge on any atom is -0.352 e. The summed E-state index contributed by atoms with van der Waals surface area (Å²) < 4.78 is 0. The van der Waals surface area contributed by atoms with Crippen molar-refractivity contribution in [2.24, 2.45) is 4.99 Å². The van der Waals surface area contributed by atoms with Gasteiger partial charge in [0.15, 0.2) is 5.96 Å². The SMILES string of the molecule is CC1CN=C(NCc2ccc(C(=O)N3CCN(C)CC3)cc2)N1. The summed E-state index contributed by atoms with van der Waals surface area (Å²) in [6.45, 7) is 7.15. The molecule has 0 bridgehead atoms. The molecule has 1 aromatic rings. The Balaban J connectivity index is 1.53. The molecule has 1 fully saturated rings. The van der Waals surface area contributed by atoms with E-state index in [1.165, 1.54) is 0 Å². The van der Waals surface area contributed by atoms with Crippen molar-refractivity contribution in [2.45, 2.75) is 19.5 Å². The van der Waals surface area contributed by atoms with Gasteiger partial charge in [-0.05, 0) is 31.7 Å². The van der Waals surface area contributed by atoms with Gasteiger partial charge < -0.3 is 20.4 Å². The molecule has 2 heterocycles. The summed E-state index contributed by atoms with van der Waals surface area (Å²) in [7, 11) is 2.09. The number of carbonyl (C=O) groups excluding carboxylic acids is 1. The number of hydrogen-bond donors (Lipinski definition) is 2. The summed E-state index contributed by atoms with van der Waals surface area (Å²) in [5, 5.41) is 6.56. The van der Waals surface area contributed by atoms with Gasteiger partial charge in [-0.25, -0.2) is 0 Å². The van der Waals surface area contributed by atoms with E-state index in [9.17, 15) is 4.79 Å². The fourth-order valence-electron chi connectivity index (χ4n) is 2.80. The molecule has 2 N–H and O–H groups in total. The lowest BCUT2D eigenvalue weighted by atomic mass is 10.1. The fourth-order valence-corrected chi connectivity index (χ4v) is 2.80. The average Bonchev–Trinajstić information content (AvgIpc) is 2.99. The molecule has 1 aromatic carbocycles. The summed E-state index contributed by atoms with van der Waals surface area (Å²) in [4.78, 5) is 21.0. The molecule has 2 aliphatic rings. The Hall–Kier alpha value is -2.08. The van der Waals surface area contributed by atoms with Crippen LogP contribution in [0.1, 0.15) is 22.8 Å². The molecule has 0 saturated carbocycles. The quantitative estimate of drug-likeness (QED) is 0.853. The van der Waals surface area contributed by atoms with Crippen molar-refractivity contribution in [3.63, 3.8) is 0 Å². The van der Waals surface area contributed by atoms with Crippen molar-refractivity contribution in [1.29, 1.82) is 0 Å². The maximum atomic E-state index is 12.5. The maximum absolute atomic E-state index is 12.5. The molecule has 6 heteroatoms. The minimum atomic E-state index is 0.133. The number of amides is 1. The van der Waals surface area contributed by atoms with Gasteiger partial charge in [0, 0.05) is 44.3 Å². The zero-order valence-electron chi connectivity index (χ0n) is 13.9. The van der Waals surface area contributed by atoms with E-state index in [2.05, 4.69) is 34.5 Å². The molecule has 2 aliphatic heterocycles. The number of guanidine groups is 1. The highest BCUT2D eigenvalue weighted by Crippen LogP contribution is 2.10. The first-order valence-corrected chi connectivity index (χ1v) is 8.23. The lowest BCUT2D eigenvalue weighted by Crippen LogP contribution is -2.47. The highest BCUT2D eigenvalue weighted by atomic mass is 16.2. The predicted molar refractivity (Wildman–Crippen MR) is 91.6 cm³/mol. The maximum Gasteiger partial charge on any atom is 0.253 e. The van der Waals surface area contributed by atoms with Crippen LogP contribution in [-0.4, -0.2) is 67.5 Å². The normalized spacial score (nSPS) is 21.7. The van der Waals surface area contributed by atoms with E-state index >= 15 is 0 Å². The number of piperazine rings is 1. The van der Waals surface area contributed by atoms with Crippen LogP contribution in [0.3, 0.4) is 0 Å². The molecule has 23 heavy (non-hydrogen) atoms. The standard InChI is InChI=1S/C17H25N5O/c1-13-11-18-17(20-13)19-12-14-3-5-15(6-4-14)16(23)22-9-7-21(2)8-10-22/h3-6,13H,7-12H2,1-2H3,(H2,18,19,20). The highest BCUT2D eigenvalue weighted by Gasteiger charge is 2.20. The van der Waals surface area contributed by atoms with Crippen LogP contribution in [-0.2, 0) is 6.54 Å². The summed E-state index contributed by atoms with van der Waals surface area (Å²) >= 11 is 0. The van der Waals surface area contributed by atoms with E-state index in [1.54, 1.807) is 0 Å². The molecular weight excluding hydrogens is 290 g/mol. The molecule has 1 unspecified atom stereocenters. The first-order valence-electron chi connectivity index (χ1n) is 8.23. The number of benzene rings is 1. The Morgan fingerprint density at radius 1 is 1.26 bits per heavy atom. The van der Waals surface area contributed by atoms with Gasteiger partial charge in [0.2, 0.25) is 0 Å². The summed E-state index contributed by atoms with van der Waals surface area (Å²) in [5.41, 5.74) is 1.91. The Labute approximate surface area is 137 Å². The van der Waals surface area contributed by atoms with E-state index in [0.29, 0.717) is 12.6 Å². The minimum absolute atomic E-state index is 0.133. The number of carbonyl (C=O) groups is 1. The summed E-state index contributed by atoms with van der Waals surface area (Å²) in [6, 6.07) is 8.26. The van der Waals surface area contributed by atoms with Crippen molar-refractivity contribution in [1.82, 2.24) is 20.4 Å². The Morgan fingerprint density at radius 3 is 2.57 bits per heavy atom. The van der Waals surface area contributed by atoms with Crippen LogP contribution in [0.5, 0.6) is 0 Å². The largest absolute Gasteiger partial charge is 0.352 e. The van der Waals surface area contributed by atoms with Gasteiger partial charge in [-0.3, -0.25) is 9.79 Å². The van der Waals surface area contributed by atoms with Crippen molar-refractivity contribution in [3.05, 3.63) is 35.4 Å². The van der Waals surface area contributed by atoms with E-state index in [-0.39, 0.29) is 5.91 Å². The van der Waals surface area contributed by atoms with Gasteiger partial charge >= 0.3 is 0 Å². The lowest BCUT2D eigenvalue weighted by molar-refractivity contribution is 0.0664. The Kier molecular flexibility index (Phi) is 4.81. The second-order valence-electron chi connectivity index (χ2n) is 6.38. The molecule has 0 aromatic heterocycles. The van der Waals surface area contributed by atoms with Crippen LogP contribution in [0, 0.1) is 0 Å². The third-order valence-electron chi connectivity index (χ3n) is 4.36. The number of likely N-dealkylation sites (N-methyl/N-ethyl adjacent to an activating group) is 1. The van der Waals surface area contributed by atoms with Gasteiger partial charge in [-0.1, -0.05) is 12.1 Å². The monoisotopic (exact) mass is 315 g/mol. The first kappa shape index (κ1) is 15.8. The van der Waals surface area contributed by atoms with Crippen LogP contribution >= 0.6 is 0 Å². The van der Waals surface area contributed by atoms with Crippen molar-refractivity contribution >= 4 is 11.9 Å². The zero-order valence-corrected chi connectivity index (χ0v) is 13.9. The smallest absolute Gasteiger partial charge is 0.253 e. The number of aliphatic imine (C=N–C) groups is 1. The second kappa shape index (κ2) is 7.00. The van der Waals surface area contributed by atoms with Gasteiger partial charge in [-0.15, -0.1) is 0 Å². The van der Waals surface area contributed by atoms with E-state index in [0.717, 1.165) is 49.8 Å². The lowest BCUT2D eigenvalue weighted by Gasteiger charge is -2.32. The Bertz CT molecular complexity index is 575. The molecular formula is C17H25N5O. The number of nitrogens with zero attached hydrogens (tertiary/aromatic N) is 3. The molecule has 0 aliphatic carbocycles. The highest BCUT2D eigenvalue weighted by molar-refractivity contribution is 5.94. The van der Waals surface area contributed by atoms with Crippen LogP contribution < -0.4 is 10.6 Å². The van der Waals surface area contributed by atoms with Gasteiger partial charge in [0.25, 0.3) is 5.91 Å². The molecule has 6 nitrogen and oxygen atoms in total. The fraction of sp³-hybridized carbons (Fsp3) is 0.529. The summed E-state index contributed by atoms with van der Waals surface area (Å²) in [6.07, 6.45) is 0. The average molecular weight is 315 g/mol. The number of rotatable bonds is 3.